The highest BCUT2D eigenvalue weighted by molar-refractivity contribution is 5.33. The van der Waals surface area contributed by atoms with Crippen LogP contribution in [0.1, 0.15) is 40.0 Å². The van der Waals surface area contributed by atoms with Gasteiger partial charge in [0.1, 0.15) is 0 Å². The summed E-state index contributed by atoms with van der Waals surface area (Å²) >= 11 is 0. The Labute approximate surface area is 85.8 Å². The Hall–Kier alpha value is -0.660. The fourth-order valence-corrected chi connectivity index (χ4v) is 2.90. The third kappa shape index (κ3) is 2.66. The minimum absolute atomic E-state index is 0.116. The van der Waals surface area contributed by atoms with Crippen molar-refractivity contribution in [3.05, 3.63) is 0 Å². The molecule has 0 radical (unpaired) electrons. The van der Waals surface area contributed by atoms with E-state index < -0.39 is 0 Å². The summed E-state index contributed by atoms with van der Waals surface area (Å²) in [6.07, 6.45) is 4.67. The predicted octanol–water partition coefficient (Wildman–Crippen LogP) is 1.87. The van der Waals surface area contributed by atoms with E-state index in [1.165, 1.54) is 0 Å². The van der Waals surface area contributed by atoms with Gasteiger partial charge in [-0.15, -0.1) is 0 Å². The van der Waals surface area contributed by atoms with Gasteiger partial charge >= 0.3 is 0 Å². The Kier molecular flexibility index (Phi) is 3.13. The first kappa shape index (κ1) is 11.4. The summed E-state index contributed by atoms with van der Waals surface area (Å²) in [5.41, 5.74) is 6.14. The third-order valence-electron chi connectivity index (χ3n) is 3.15. The molecule has 1 rings (SSSR count). The van der Waals surface area contributed by atoms with E-state index in [9.17, 15) is 4.79 Å². The minimum atomic E-state index is 0.116. The highest BCUT2D eigenvalue weighted by Crippen LogP contribution is 2.46. The molecular formula is C11H20N2O. The van der Waals surface area contributed by atoms with Crippen LogP contribution in [0.15, 0.2) is 4.99 Å². The second kappa shape index (κ2) is 3.84. The number of hydrogen-bond acceptors (Lipinski definition) is 3. The first-order valence-corrected chi connectivity index (χ1v) is 5.18. The number of isocyanates is 1. The molecule has 2 atom stereocenters. The van der Waals surface area contributed by atoms with E-state index in [0.717, 1.165) is 19.3 Å². The van der Waals surface area contributed by atoms with E-state index in [1.54, 1.807) is 6.08 Å². The number of hydrogen-bond donors (Lipinski definition) is 1. The van der Waals surface area contributed by atoms with Gasteiger partial charge in [-0.2, -0.15) is 0 Å². The second-order valence-corrected chi connectivity index (χ2v) is 5.64. The van der Waals surface area contributed by atoms with Crippen LogP contribution in [0.4, 0.5) is 0 Å². The Morgan fingerprint density at radius 2 is 2.07 bits per heavy atom. The number of rotatable bonds is 2. The van der Waals surface area contributed by atoms with Gasteiger partial charge in [-0.25, -0.2) is 9.79 Å². The maximum atomic E-state index is 10.3. The monoisotopic (exact) mass is 196 g/mol. The molecule has 0 aromatic heterocycles. The van der Waals surface area contributed by atoms with E-state index in [4.69, 9.17) is 5.73 Å². The van der Waals surface area contributed by atoms with Gasteiger partial charge in [-0.05, 0) is 36.6 Å². The molecule has 0 aliphatic heterocycles. The summed E-state index contributed by atoms with van der Waals surface area (Å²) in [4.78, 5) is 14.1. The molecule has 0 spiro atoms. The number of aliphatic imine (C=N–C) groups is 1. The van der Waals surface area contributed by atoms with Crippen LogP contribution in [0.3, 0.4) is 0 Å². The summed E-state index contributed by atoms with van der Waals surface area (Å²) < 4.78 is 0. The zero-order valence-electron chi connectivity index (χ0n) is 9.34. The fourth-order valence-electron chi connectivity index (χ4n) is 2.90. The van der Waals surface area contributed by atoms with Crippen LogP contribution in [0.5, 0.6) is 0 Å². The molecule has 0 saturated heterocycles. The van der Waals surface area contributed by atoms with Crippen LogP contribution < -0.4 is 5.73 Å². The lowest BCUT2D eigenvalue weighted by molar-refractivity contribution is 0.0911. The van der Waals surface area contributed by atoms with E-state index in [1.807, 2.05) is 0 Å². The second-order valence-electron chi connectivity index (χ2n) is 5.64. The van der Waals surface area contributed by atoms with E-state index >= 15 is 0 Å². The molecule has 1 aliphatic rings. The summed E-state index contributed by atoms with van der Waals surface area (Å²) in [5.74, 6) is 0. The Balaban J connectivity index is 2.81. The standard InChI is InChI=1S/C11H20N2O/c1-10(2)4-9(13-8-14)5-11(3,6-10)7-12/h9H,4-7,12H2,1-3H3/t9?,11-/m1/s1. The maximum absolute atomic E-state index is 10.3. The molecule has 1 saturated carbocycles. The first-order chi connectivity index (χ1) is 6.41. The average molecular weight is 196 g/mol. The predicted molar refractivity (Wildman–Crippen MR) is 56.7 cm³/mol. The van der Waals surface area contributed by atoms with Crippen LogP contribution in [-0.2, 0) is 4.79 Å². The summed E-state index contributed by atoms with van der Waals surface area (Å²) in [6.45, 7) is 7.28. The van der Waals surface area contributed by atoms with Gasteiger partial charge in [0.05, 0.1) is 6.04 Å². The molecular weight excluding hydrogens is 176 g/mol. The maximum Gasteiger partial charge on any atom is 0.235 e. The molecule has 14 heavy (non-hydrogen) atoms. The molecule has 0 heterocycles. The van der Waals surface area contributed by atoms with E-state index in [2.05, 4.69) is 25.8 Å². The molecule has 80 valence electrons. The van der Waals surface area contributed by atoms with Crippen molar-refractivity contribution in [3.8, 4) is 0 Å². The fraction of sp³-hybridized carbons (Fsp3) is 0.909. The first-order valence-electron chi connectivity index (χ1n) is 5.18. The summed E-state index contributed by atoms with van der Waals surface area (Å²) in [7, 11) is 0. The zero-order chi connectivity index (χ0) is 10.8. The van der Waals surface area contributed by atoms with Crippen LogP contribution in [0, 0.1) is 10.8 Å². The van der Waals surface area contributed by atoms with E-state index in [-0.39, 0.29) is 16.9 Å². The van der Waals surface area contributed by atoms with Crippen molar-refractivity contribution >= 4 is 6.08 Å². The quantitative estimate of drug-likeness (QED) is 0.541. The normalized spacial score (nSPS) is 36.1. The summed E-state index contributed by atoms with van der Waals surface area (Å²) in [5, 5.41) is 0. The molecule has 0 aromatic rings. The topological polar surface area (TPSA) is 55.5 Å². The van der Waals surface area contributed by atoms with Crippen molar-refractivity contribution in [2.45, 2.75) is 46.1 Å². The molecule has 1 fully saturated rings. The van der Waals surface area contributed by atoms with Gasteiger partial charge in [0.15, 0.2) is 0 Å². The number of nitrogens with two attached hydrogens (primary N) is 1. The Bertz CT molecular complexity index is 256. The lowest BCUT2D eigenvalue weighted by Gasteiger charge is -2.44. The SMILES string of the molecule is CC1(C)CC(N=C=O)C[C@@](C)(CN)C1. The largest absolute Gasteiger partial charge is 0.330 e. The highest BCUT2D eigenvalue weighted by atomic mass is 16.1. The van der Waals surface area contributed by atoms with Crippen LogP contribution >= 0.6 is 0 Å². The van der Waals surface area contributed by atoms with Gasteiger partial charge in [0.2, 0.25) is 6.08 Å². The van der Waals surface area contributed by atoms with Crippen molar-refractivity contribution in [2.75, 3.05) is 6.54 Å². The zero-order valence-corrected chi connectivity index (χ0v) is 9.34. The van der Waals surface area contributed by atoms with Gasteiger partial charge in [-0.1, -0.05) is 20.8 Å². The van der Waals surface area contributed by atoms with Gasteiger partial charge < -0.3 is 5.73 Å². The van der Waals surface area contributed by atoms with Crippen LogP contribution in [0.2, 0.25) is 0 Å². The van der Waals surface area contributed by atoms with Crippen LogP contribution in [-0.4, -0.2) is 18.7 Å². The Morgan fingerprint density at radius 3 is 2.57 bits per heavy atom. The molecule has 2 N–H and O–H groups in total. The lowest BCUT2D eigenvalue weighted by Crippen LogP contribution is -2.41. The van der Waals surface area contributed by atoms with Crippen LogP contribution in [0.25, 0.3) is 0 Å². The minimum Gasteiger partial charge on any atom is -0.330 e. The van der Waals surface area contributed by atoms with Crippen molar-refractivity contribution < 1.29 is 4.79 Å². The smallest absolute Gasteiger partial charge is 0.235 e. The molecule has 0 bridgehead atoms. The van der Waals surface area contributed by atoms with Gasteiger partial charge in [-0.3, -0.25) is 0 Å². The highest BCUT2D eigenvalue weighted by Gasteiger charge is 2.40. The molecule has 3 heteroatoms. The van der Waals surface area contributed by atoms with Crippen molar-refractivity contribution in [1.29, 1.82) is 0 Å². The molecule has 0 amide bonds. The number of nitrogens with zero attached hydrogens (tertiary/aromatic N) is 1. The van der Waals surface area contributed by atoms with Crippen molar-refractivity contribution in [1.82, 2.24) is 0 Å². The third-order valence-corrected chi connectivity index (χ3v) is 3.15. The molecule has 3 nitrogen and oxygen atoms in total. The summed E-state index contributed by atoms with van der Waals surface area (Å²) in [6, 6.07) is 0.116. The lowest BCUT2D eigenvalue weighted by atomic mass is 9.63. The molecule has 0 aromatic carbocycles. The Morgan fingerprint density at radius 1 is 1.43 bits per heavy atom. The van der Waals surface area contributed by atoms with Gasteiger partial charge in [0.25, 0.3) is 0 Å². The van der Waals surface area contributed by atoms with Crippen molar-refractivity contribution in [3.63, 3.8) is 0 Å². The molecule has 1 unspecified atom stereocenters. The van der Waals surface area contributed by atoms with Gasteiger partial charge in [0, 0.05) is 0 Å². The number of carbonyl (C=O) groups excluding carboxylic acids is 1. The van der Waals surface area contributed by atoms with E-state index in [0.29, 0.717) is 6.54 Å². The molecule has 1 aliphatic carbocycles. The van der Waals surface area contributed by atoms with Crippen molar-refractivity contribution in [2.24, 2.45) is 21.6 Å². The average Bonchev–Trinajstić information content (AvgIpc) is 2.01.